The first-order chi connectivity index (χ1) is 18.3. The van der Waals surface area contributed by atoms with Gasteiger partial charge in [0.1, 0.15) is 18.1 Å². The number of piperidine rings is 1. The number of nitrogens with one attached hydrogen (secondary N) is 2. The van der Waals surface area contributed by atoms with Gasteiger partial charge in [-0.15, -0.1) is 0 Å². The summed E-state index contributed by atoms with van der Waals surface area (Å²) in [6, 6.07) is 5.50. The van der Waals surface area contributed by atoms with Crippen molar-refractivity contribution < 1.29 is 23.5 Å². The lowest BCUT2D eigenvalue weighted by molar-refractivity contribution is 0.0651. The Kier molecular flexibility index (Phi) is 9.20. The maximum absolute atomic E-state index is 15.2. The van der Waals surface area contributed by atoms with Gasteiger partial charge in [-0.1, -0.05) is 6.07 Å². The van der Waals surface area contributed by atoms with Crippen LogP contribution < -0.4 is 15.8 Å². The molecule has 1 aliphatic carbocycles. The number of hydrogen-bond acceptors (Lipinski definition) is 8. The summed E-state index contributed by atoms with van der Waals surface area (Å²) >= 11 is 2.11. The third-order valence-corrected chi connectivity index (χ3v) is 6.97. The fourth-order valence-electron chi connectivity index (χ4n) is 4.22. The molecule has 0 radical (unpaired) electrons. The summed E-state index contributed by atoms with van der Waals surface area (Å²) in [6.45, 7) is 1.38. The second-order valence-electron chi connectivity index (χ2n) is 8.90. The van der Waals surface area contributed by atoms with Crippen LogP contribution in [-0.4, -0.2) is 64.1 Å². The second kappa shape index (κ2) is 12.8. The number of aromatic nitrogens is 3. The molecule has 0 aromatic carbocycles. The van der Waals surface area contributed by atoms with Gasteiger partial charge in [-0.2, -0.15) is 0 Å². The molecule has 2 aliphatic rings. The van der Waals surface area contributed by atoms with Gasteiger partial charge in [0, 0.05) is 43.2 Å². The zero-order valence-corrected chi connectivity index (χ0v) is 22.6. The van der Waals surface area contributed by atoms with Gasteiger partial charge in [-0.3, -0.25) is 20.5 Å². The number of carbonyl (C=O) groups is 2. The predicted octanol–water partition coefficient (Wildman–Crippen LogP) is 3.45. The maximum atomic E-state index is 15.2. The first-order valence-electron chi connectivity index (χ1n) is 12.0. The van der Waals surface area contributed by atoms with E-state index in [4.69, 9.17) is 20.6 Å². The van der Waals surface area contributed by atoms with Crippen molar-refractivity contribution in [2.45, 2.75) is 25.2 Å². The van der Waals surface area contributed by atoms with Crippen LogP contribution in [0.15, 0.2) is 57.8 Å². The molecule has 2 aromatic rings. The number of alkyl carbamates (subject to hydrolysis) is 1. The maximum Gasteiger partial charge on any atom is 0.414 e. The highest BCUT2D eigenvalue weighted by Gasteiger charge is 2.27. The number of ether oxygens (including phenoxy) is 2. The van der Waals surface area contributed by atoms with Crippen LogP contribution in [0.25, 0.3) is 0 Å². The third-order valence-electron chi connectivity index (χ3n) is 6.22. The molecular weight excluding hydrogens is 608 g/mol. The van der Waals surface area contributed by atoms with Crippen molar-refractivity contribution >= 4 is 40.6 Å². The SMILES string of the molecule is N=C(N)NC(=O)OCC1=C(F)C(c2cnc(OCC3CCN(C(=O)c4ccccn4)CC3)nc2)CC(I)=C1. The topological polar surface area (TPSA) is 156 Å². The number of guanidine groups is 1. The average Bonchev–Trinajstić information content (AvgIpc) is 2.92. The van der Waals surface area contributed by atoms with Crippen molar-refractivity contribution in [3.63, 3.8) is 0 Å². The van der Waals surface area contributed by atoms with E-state index < -0.39 is 23.8 Å². The van der Waals surface area contributed by atoms with Gasteiger partial charge in [0.15, 0.2) is 5.96 Å². The number of nitrogens with zero attached hydrogens (tertiary/aromatic N) is 4. The molecule has 0 bridgehead atoms. The molecule has 3 heterocycles. The van der Waals surface area contributed by atoms with E-state index in [1.165, 1.54) is 12.4 Å². The van der Waals surface area contributed by atoms with Crippen LogP contribution in [-0.2, 0) is 4.74 Å². The number of carbonyl (C=O) groups excluding carboxylic acids is 2. The summed E-state index contributed by atoms with van der Waals surface area (Å²) in [4.78, 5) is 38.6. The first kappa shape index (κ1) is 27.4. The predicted molar refractivity (Wildman–Crippen MR) is 144 cm³/mol. The Morgan fingerprint density at radius 3 is 2.61 bits per heavy atom. The van der Waals surface area contributed by atoms with Gasteiger partial charge in [0.05, 0.1) is 6.61 Å². The smallest absolute Gasteiger partial charge is 0.414 e. The Bertz CT molecular complexity index is 1230. The molecule has 0 spiro atoms. The van der Waals surface area contributed by atoms with E-state index in [1.807, 2.05) is 5.32 Å². The Hall–Kier alpha value is -3.62. The summed E-state index contributed by atoms with van der Waals surface area (Å²) in [6.07, 6.45) is 7.41. The van der Waals surface area contributed by atoms with Crippen LogP contribution in [0, 0.1) is 11.3 Å². The summed E-state index contributed by atoms with van der Waals surface area (Å²) in [5.74, 6) is -1.41. The summed E-state index contributed by atoms with van der Waals surface area (Å²) in [5, 5.41) is 9.03. The van der Waals surface area contributed by atoms with E-state index in [9.17, 15) is 9.59 Å². The van der Waals surface area contributed by atoms with E-state index in [2.05, 4.69) is 37.5 Å². The van der Waals surface area contributed by atoms with Crippen LogP contribution in [0.1, 0.15) is 41.2 Å². The largest absolute Gasteiger partial charge is 0.463 e. The van der Waals surface area contributed by atoms with Crippen molar-refractivity contribution in [1.29, 1.82) is 5.41 Å². The number of halogens is 2. The van der Waals surface area contributed by atoms with E-state index in [0.717, 1.165) is 16.4 Å². The molecule has 11 nitrogen and oxygen atoms in total. The van der Waals surface area contributed by atoms with Crippen LogP contribution in [0.2, 0.25) is 0 Å². The highest BCUT2D eigenvalue weighted by atomic mass is 127. The van der Waals surface area contributed by atoms with Crippen molar-refractivity contribution in [1.82, 2.24) is 25.2 Å². The van der Waals surface area contributed by atoms with E-state index >= 15 is 4.39 Å². The zero-order chi connectivity index (χ0) is 27.1. The molecule has 1 atom stereocenters. The standard InChI is InChI=1S/C25H27FIN7O4/c26-21-16(14-38-25(36)33-23(28)29)9-18(27)10-19(21)17-11-31-24(32-12-17)37-13-15-4-7-34(8-5-15)22(35)20-3-1-2-6-30-20/h1-3,6,9,11-12,15,19H,4-5,7-8,10,13-14H2,(H4,28,29,33,36). The number of pyridine rings is 1. The van der Waals surface area contributed by atoms with Crippen molar-refractivity contribution in [3.05, 3.63) is 69.1 Å². The highest BCUT2D eigenvalue weighted by Crippen LogP contribution is 2.40. The molecule has 2 amide bonds. The quantitative estimate of drug-likeness (QED) is 0.237. The number of amides is 2. The van der Waals surface area contributed by atoms with Crippen LogP contribution in [0.3, 0.4) is 0 Å². The van der Waals surface area contributed by atoms with Crippen molar-refractivity contribution in [2.24, 2.45) is 11.7 Å². The lowest BCUT2D eigenvalue weighted by atomic mass is 9.90. The molecule has 4 rings (SSSR count). The monoisotopic (exact) mass is 635 g/mol. The Labute approximate surface area is 232 Å². The minimum absolute atomic E-state index is 0.0635. The third kappa shape index (κ3) is 7.24. The molecule has 38 heavy (non-hydrogen) atoms. The molecule has 13 heteroatoms. The van der Waals surface area contributed by atoms with Crippen molar-refractivity contribution in [3.8, 4) is 6.01 Å². The molecule has 4 N–H and O–H groups in total. The molecule has 1 unspecified atom stereocenters. The van der Waals surface area contributed by atoms with Crippen LogP contribution in [0.4, 0.5) is 9.18 Å². The summed E-state index contributed by atoms with van der Waals surface area (Å²) in [5.41, 5.74) is 6.33. The minimum Gasteiger partial charge on any atom is -0.463 e. The number of rotatable bonds is 7. The Morgan fingerprint density at radius 1 is 1.21 bits per heavy atom. The molecule has 2 aromatic heterocycles. The lowest BCUT2D eigenvalue weighted by Crippen LogP contribution is -2.40. The fraction of sp³-hybridized carbons (Fsp3) is 0.360. The van der Waals surface area contributed by atoms with Gasteiger partial charge >= 0.3 is 12.1 Å². The fourth-order valence-corrected chi connectivity index (χ4v) is 5.03. The molecule has 200 valence electrons. The lowest BCUT2D eigenvalue weighted by Gasteiger charge is -2.31. The Morgan fingerprint density at radius 2 is 1.95 bits per heavy atom. The summed E-state index contributed by atoms with van der Waals surface area (Å²) in [7, 11) is 0. The van der Waals surface area contributed by atoms with Crippen molar-refractivity contribution in [2.75, 3.05) is 26.3 Å². The first-order valence-corrected chi connectivity index (χ1v) is 13.1. The molecule has 1 saturated heterocycles. The van der Waals surface area contributed by atoms with Crippen LogP contribution in [0.5, 0.6) is 6.01 Å². The van der Waals surface area contributed by atoms with Gasteiger partial charge in [-0.05, 0) is 75.1 Å². The van der Waals surface area contributed by atoms with Gasteiger partial charge < -0.3 is 20.1 Å². The Balaban J connectivity index is 1.28. The number of nitrogens with two attached hydrogens (primary N) is 1. The summed E-state index contributed by atoms with van der Waals surface area (Å²) < 4.78 is 26.8. The van der Waals surface area contributed by atoms with E-state index in [0.29, 0.717) is 37.4 Å². The zero-order valence-electron chi connectivity index (χ0n) is 20.4. The van der Waals surface area contributed by atoms with E-state index in [1.54, 1.807) is 35.4 Å². The number of hydrogen-bond donors (Lipinski definition) is 3. The van der Waals surface area contributed by atoms with E-state index in [-0.39, 0.29) is 30.0 Å². The van der Waals surface area contributed by atoms with Crippen LogP contribution >= 0.6 is 22.6 Å². The van der Waals surface area contributed by atoms with Gasteiger partial charge in [0.25, 0.3) is 5.91 Å². The van der Waals surface area contributed by atoms with Gasteiger partial charge in [0.2, 0.25) is 0 Å². The number of likely N-dealkylation sites (tertiary alicyclic amines) is 1. The molecule has 1 aliphatic heterocycles. The molecule has 0 saturated carbocycles. The normalized spacial score (nSPS) is 18.0. The van der Waals surface area contributed by atoms with Gasteiger partial charge in [-0.25, -0.2) is 19.2 Å². The molecular formula is C25H27FIN7O4. The highest BCUT2D eigenvalue weighted by molar-refractivity contribution is 14.1. The molecule has 1 fully saturated rings. The second-order valence-corrected chi connectivity index (χ2v) is 10.3. The minimum atomic E-state index is -0.932. The number of allylic oxidation sites excluding steroid dienone is 2. The average molecular weight is 635 g/mol.